The lowest BCUT2D eigenvalue weighted by molar-refractivity contribution is -0.140. The van der Waals surface area contributed by atoms with E-state index in [0.717, 1.165) is 12.8 Å². The highest BCUT2D eigenvalue weighted by Gasteiger charge is 2.47. The van der Waals surface area contributed by atoms with E-state index in [1.54, 1.807) is 36.4 Å². The van der Waals surface area contributed by atoms with Crippen molar-refractivity contribution in [3.63, 3.8) is 0 Å². The van der Waals surface area contributed by atoms with E-state index < -0.39 is 23.5 Å². The van der Waals surface area contributed by atoms with Crippen LogP contribution in [0.2, 0.25) is 0 Å². The smallest absolute Gasteiger partial charge is 0.295 e. The molecule has 2 atom stereocenters. The number of ether oxygens (including phenoxy) is 1. The van der Waals surface area contributed by atoms with Gasteiger partial charge in [0, 0.05) is 18.7 Å². The fraction of sp³-hybridized carbons (Fsp3) is 0.273. The van der Waals surface area contributed by atoms with Gasteiger partial charge in [-0.05, 0) is 30.5 Å². The molecule has 1 amide bonds. The molecular formula is C22H20FNO4. The van der Waals surface area contributed by atoms with E-state index >= 15 is 0 Å². The van der Waals surface area contributed by atoms with Crippen LogP contribution in [0.5, 0.6) is 0 Å². The van der Waals surface area contributed by atoms with Gasteiger partial charge in [-0.1, -0.05) is 42.5 Å². The monoisotopic (exact) mass is 381 g/mol. The molecule has 0 aromatic heterocycles. The number of carbonyl (C=O) groups excluding carboxylic acids is 2. The SMILES string of the molecule is O=C1C(=O)N(C[C@@H]2CCCO2)[C@@H](c2cccc(F)c2)C1=C(O)c1ccccc1. The first-order valence-electron chi connectivity index (χ1n) is 9.27. The molecule has 5 nitrogen and oxygen atoms in total. The quantitative estimate of drug-likeness (QED) is 0.501. The summed E-state index contributed by atoms with van der Waals surface area (Å²) in [5.74, 6) is -2.21. The molecule has 6 heteroatoms. The van der Waals surface area contributed by atoms with Crippen molar-refractivity contribution < 1.29 is 23.8 Å². The van der Waals surface area contributed by atoms with Gasteiger partial charge in [0.2, 0.25) is 0 Å². The number of benzene rings is 2. The zero-order chi connectivity index (χ0) is 19.7. The highest BCUT2D eigenvalue weighted by molar-refractivity contribution is 6.46. The summed E-state index contributed by atoms with van der Waals surface area (Å²) in [4.78, 5) is 27.0. The van der Waals surface area contributed by atoms with Crippen molar-refractivity contribution in [3.05, 3.63) is 77.1 Å². The Labute approximate surface area is 162 Å². The lowest BCUT2D eigenvalue weighted by atomic mass is 9.95. The summed E-state index contributed by atoms with van der Waals surface area (Å²) in [6, 6.07) is 13.5. The number of halogens is 1. The van der Waals surface area contributed by atoms with Crippen LogP contribution < -0.4 is 0 Å². The molecule has 1 N–H and O–H groups in total. The Kier molecular flexibility index (Phi) is 4.96. The fourth-order valence-corrected chi connectivity index (χ4v) is 3.85. The van der Waals surface area contributed by atoms with E-state index in [1.165, 1.54) is 23.1 Å². The summed E-state index contributed by atoms with van der Waals surface area (Å²) in [6.07, 6.45) is 1.51. The highest BCUT2D eigenvalue weighted by atomic mass is 19.1. The van der Waals surface area contributed by atoms with Crippen molar-refractivity contribution in [2.24, 2.45) is 0 Å². The zero-order valence-electron chi connectivity index (χ0n) is 15.2. The number of aliphatic hydroxyl groups excluding tert-OH is 1. The third-order valence-electron chi connectivity index (χ3n) is 5.18. The van der Waals surface area contributed by atoms with E-state index in [9.17, 15) is 19.1 Å². The second-order valence-electron chi connectivity index (χ2n) is 7.01. The summed E-state index contributed by atoms with van der Waals surface area (Å²) < 4.78 is 19.5. The van der Waals surface area contributed by atoms with Gasteiger partial charge in [-0.25, -0.2) is 4.39 Å². The average Bonchev–Trinajstić information content (AvgIpc) is 3.30. The molecular weight excluding hydrogens is 361 g/mol. The molecule has 0 aliphatic carbocycles. The standard InChI is InChI=1S/C22H20FNO4/c23-16-9-4-8-15(12-16)19-18(20(25)14-6-2-1-3-7-14)21(26)22(27)24(19)13-17-10-5-11-28-17/h1-4,6-9,12,17,19,25H,5,10-11,13H2/t17-,19-/m0/s1. The van der Waals surface area contributed by atoms with Gasteiger partial charge in [0.25, 0.3) is 11.7 Å². The normalized spacial score (nSPS) is 24.1. The maximum atomic E-state index is 13.9. The minimum atomic E-state index is -0.861. The summed E-state index contributed by atoms with van der Waals surface area (Å²) in [7, 11) is 0. The summed E-state index contributed by atoms with van der Waals surface area (Å²) in [6.45, 7) is 0.834. The van der Waals surface area contributed by atoms with Crippen LogP contribution in [0.15, 0.2) is 60.2 Å². The average molecular weight is 381 g/mol. The number of Topliss-reactive ketones (excluding diaryl/α,β-unsaturated/α-hetero) is 1. The van der Waals surface area contributed by atoms with E-state index in [2.05, 4.69) is 0 Å². The molecule has 0 spiro atoms. The lowest BCUT2D eigenvalue weighted by Crippen LogP contribution is -2.36. The molecule has 2 fully saturated rings. The second kappa shape index (κ2) is 7.56. The molecule has 0 unspecified atom stereocenters. The van der Waals surface area contributed by atoms with E-state index in [1.807, 2.05) is 0 Å². The molecule has 2 aliphatic heterocycles. The molecule has 0 bridgehead atoms. The molecule has 2 aromatic rings. The van der Waals surface area contributed by atoms with Crippen molar-refractivity contribution in [3.8, 4) is 0 Å². The lowest BCUT2D eigenvalue weighted by Gasteiger charge is -2.27. The van der Waals surface area contributed by atoms with Crippen molar-refractivity contribution in [2.45, 2.75) is 25.0 Å². The number of amides is 1. The third-order valence-corrected chi connectivity index (χ3v) is 5.18. The van der Waals surface area contributed by atoms with Crippen LogP contribution in [0.3, 0.4) is 0 Å². The van der Waals surface area contributed by atoms with Crippen LogP contribution in [0.25, 0.3) is 5.76 Å². The third kappa shape index (κ3) is 3.31. The van der Waals surface area contributed by atoms with Gasteiger partial charge in [-0.2, -0.15) is 0 Å². The largest absolute Gasteiger partial charge is 0.507 e. The number of likely N-dealkylation sites (tertiary alicyclic amines) is 1. The van der Waals surface area contributed by atoms with Crippen LogP contribution in [0, 0.1) is 5.82 Å². The van der Waals surface area contributed by atoms with E-state index in [0.29, 0.717) is 17.7 Å². The van der Waals surface area contributed by atoms with Crippen molar-refractivity contribution in [1.29, 1.82) is 0 Å². The Bertz CT molecular complexity index is 935. The van der Waals surface area contributed by atoms with Crippen LogP contribution >= 0.6 is 0 Å². The minimum absolute atomic E-state index is 0.0280. The predicted octanol–water partition coefficient (Wildman–Crippen LogP) is 3.43. The number of nitrogens with zero attached hydrogens (tertiary/aromatic N) is 1. The van der Waals surface area contributed by atoms with Gasteiger partial charge in [0.1, 0.15) is 11.6 Å². The van der Waals surface area contributed by atoms with Gasteiger partial charge in [-0.15, -0.1) is 0 Å². The minimum Gasteiger partial charge on any atom is -0.507 e. The Morgan fingerprint density at radius 3 is 2.61 bits per heavy atom. The molecule has 2 saturated heterocycles. The molecule has 4 rings (SSSR count). The maximum absolute atomic E-state index is 13.9. The van der Waals surface area contributed by atoms with Crippen molar-refractivity contribution >= 4 is 17.4 Å². The number of rotatable bonds is 4. The second-order valence-corrected chi connectivity index (χ2v) is 7.01. The molecule has 28 heavy (non-hydrogen) atoms. The first-order valence-corrected chi connectivity index (χ1v) is 9.27. The van der Waals surface area contributed by atoms with Crippen LogP contribution in [-0.4, -0.2) is 41.0 Å². The Hall–Kier alpha value is -2.99. The van der Waals surface area contributed by atoms with Gasteiger partial charge >= 0.3 is 0 Å². The van der Waals surface area contributed by atoms with E-state index in [-0.39, 0.29) is 24.0 Å². The van der Waals surface area contributed by atoms with Gasteiger partial charge in [-0.3, -0.25) is 9.59 Å². The summed E-state index contributed by atoms with van der Waals surface area (Å²) >= 11 is 0. The van der Waals surface area contributed by atoms with Crippen molar-refractivity contribution in [2.75, 3.05) is 13.2 Å². The number of aliphatic hydroxyl groups is 1. The summed E-state index contributed by atoms with van der Waals surface area (Å²) in [5.41, 5.74) is 0.841. The molecule has 0 saturated carbocycles. The number of ketones is 1. The number of carbonyl (C=O) groups is 2. The summed E-state index contributed by atoms with van der Waals surface area (Å²) in [5, 5.41) is 10.8. The molecule has 144 valence electrons. The number of hydrogen-bond acceptors (Lipinski definition) is 4. The highest BCUT2D eigenvalue weighted by Crippen LogP contribution is 2.40. The van der Waals surface area contributed by atoms with Gasteiger partial charge < -0.3 is 14.7 Å². The molecule has 2 aromatic carbocycles. The Morgan fingerprint density at radius 1 is 1.14 bits per heavy atom. The van der Waals surface area contributed by atoms with Crippen LogP contribution in [-0.2, 0) is 14.3 Å². The Morgan fingerprint density at radius 2 is 1.93 bits per heavy atom. The van der Waals surface area contributed by atoms with E-state index in [4.69, 9.17) is 4.74 Å². The van der Waals surface area contributed by atoms with Gasteiger partial charge in [0.05, 0.1) is 17.7 Å². The topological polar surface area (TPSA) is 66.8 Å². The van der Waals surface area contributed by atoms with Crippen LogP contribution in [0.4, 0.5) is 4.39 Å². The zero-order valence-corrected chi connectivity index (χ0v) is 15.2. The molecule has 2 heterocycles. The van der Waals surface area contributed by atoms with Crippen LogP contribution in [0.1, 0.15) is 30.0 Å². The Balaban J connectivity index is 1.83. The first kappa shape index (κ1) is 18.4. The van der Waals surface area contributed by atoms with Gasteiger partial charge in [0.15, 0.2) is 0 Å². The molecule has 0 radical (unpaired) electrons. The fourth-order valence-electron chi connectivity index (χ4n) is 3.85. The van der Waals surface area contributed by atoms with Crippen molar-refractivity contribution in [1.82, 2.24) is 4.90 Å². The first-order chi connectivity index (χ1) is 13.6. The number of hydrogen-bond donors (Lipinski definition) is 1. The molecule has 2 aliphatic rings. The predicted molar refractivity (Wildman–Crippen MR) is 101 cm³/mol. The maximum Gasteiger partial charge on any atom is 0.295 e.